The smallest absolute Gasteiger partial charge is 0.264 e. The van der Waals surface area contributed by atoms with Crippen LogP contribution in [0.25, 0.3) is 0 Å². The lowest BCUT2D eigenvalue weighted by Gasteiger charge is -2.28. The van der Waals surface area contributed by atoms with Crippen LogP contribution in [0.5, 0.6) is 17.2 Å². The zero-order valence-electron chi connectivity index (χ0n) is 15.5. The summed E-state index contributed by atoms with van der Waals surface area (Å²) in [4.78, 5) is 14.7. The first-order valence-corrected chi connectivity index (χ1v) is 9.65. The number of rotatable bonds is 6. The van der Waals surface area contributed by atoms with Crippen molar-refractivity contribution in [3.05, 3.63) is 53.8 Å². The largest absolute Gasteiger partial charge is 0.497 e. The van der Waals surface area contributed by atoms with E-state index in [1.165, 1.54) is 12.1 Å². The van der Waals surface area contributed by atoms with Crippen molar-refractivity contribution >= 4 is 17.7 Å². The summed E-state index contributed by atoms with van der Waals surface area (Å²) in [6.07, 6.45) is -0.806. The number of hydrogen-bond acceptors (Lipinski definition) is 5. The van der Waals surface area contributed by atoms with Crippen molar-refractivity contribution in [3.8, 4) is 17.2 Å². The molecule has 0 bridgehead atoms. The Hall–Kier alpha value is -2.41. The van der Waals surface area contributed by atoms with Crippen LogP contribution < -0.4 is 14.2 Å². The molecule has 0 aliphatic carbocycles. The average Bonchev–Trinajstić information content (AvgIpc) is 3.18. The van der Waals surface area contributed by atoms with Gasteiger partial charge in [0.15, 0.2) is 17.7 Å². The highest BCUT2D eigenvalue weighted by atomic mass is 32.2. The molecule has 27 heavy (non-hydrogen) atoms. The summed E-state index contributed by atoms with van der Waals surface area (Å²) in [5.74, 6) is 1.57. The third-order valence-electron chi connectivity index (χ3n) is 4.37. The summed E-state index contributed by atoms with van der Waals surface area (Å²) >= 11 is 1.65. The molecule has 1 amide bonds. The fraction of sp³-hybridized carbons (Fsp3) is 0.350. The van der Waals surface area contributed by atoms with Crippen LogP contribution in [-0.2, 0) is 4.79 Å². The zero-order chi connectivity index (χ0) is 19.4. The first-order valence-electron chi connectivity index (χ1n) is 8.60. The summed E-state index contributed by atoms with van der Waals surface area (Å²) in [7, 11) is 3.20. The predicted octanol–water partition coefficient (Wildman–Crippen LogP) is 3.88. The zero-order valence-corrected chi connectivity index (χ0v) is 16.3. The van der Waals surface area contributed by atoms with Crippen LogP contribution in [0.2, 0.25) is 0 Å². The van der Waals surface area contributed by atoms with Crippen LogP contribution in [0.3, 0.4) is 0 Å². The number of carbonyl (C=O) groups is 1. The molecule has 0 saturated carbocycles. The van der Waals surface area contributed by atoms with Gasteiger partial charge in [0.25, 0.3) is 5.91 Å². The predicted molar refractivity (Wildman–Crippen MR) is 103 cm³/mol. The summed E-state index contributed by atoms with van der Waals surface area (Å²) < 4.78 is 30.2. The number of nitrogens with zero attached hydrogens (tertiary/aromatic N) is 1. The van der Waals surface area contributed by atoms with Gasteiger partial charge < -0.3 is 19.1 Å². The molecular formula is C20H22FNO4S. The minimum Gasteiger partial charge on any atom is -0.497 e. The minimum absolute atomic E-state index is 0.0701. The lowest BCUT2D eigenvalue weighted by Crippen LogP contribution is -2.40. The first-order chi connectivity index (χ1) is 13.0. The first kappa shape index (κ1) is 19.4. The summed E-state index contributed by atoms with van der Waals surface area (Å²) in [6, 6.07) is 11.6. The lowest BCUT2D eigenvalue weighted by atomic mass is 10.1. The Morgan fingerprint density at radius 1 is 1.19 bits per heavy atom. The number of carbonyl (C=O) groups excluding carboxylic acids is 1. The van der Waals surface area contributed by atoms with Gasteiger partial charge in [-0.05, 0) is 37.3 Å². The molecule has 0 radical (unpaired) electrons. The molecule has 144 valence electrons. The number of benzene rings is 2. The van der Waals surface area contributed by atoms with Gasteiger partial charge in [0, 0.05) is 17.9 Å². The van der Waals surface area contributed by atoms with E-state index in [0.717, 1.165) is 11.3 Å². The molecular weight excluding hydrogens is 369 g/mol. The second-order valence-electron chi connectivity index (χ2n) is 6.05. The summed E-state index contributed by atoms with van der Waals surface area (Å²) in [6.45, 7) is 2.22. The highest BCUT2D eigenvalue weighted by molar-refractivity contribution is 7.99. The van der Waals surface area contributed by atoms with Gasteiger partial charge in [-0.15, -0.1) is 11.8 Å². The molecule has 5 nitrogen and oxygen atoms in total. The molecule has 7 heteroatoms. The van der Waals surface area contributed by atoms with Crippen molar-refractivity contribution in [1.29, 1.82) is 0 Å². The van der Waals surface area contributed by atoms with Crippen molar-refractivity contribution in [1.82, 2.24) is 4.90 Å². The van der Waals surface area contributed by atoms with Gasteiger partial charge in [-0.3, -0.25) is 4.79 Å². The van der Waals surface area contributed by atoms with Gasteiger partial charge in [0.1, 0.15) is 16.9 Å². The van der Waals surface area contributed by atoms with Gasteiger partial charge >= 0.3 is 0 Å². The lowest BCUT2D eigenvalue weighted by molar-refractivity contribution is -0.138. The molecule has 1 aliphatic heterocycles. The van der Waals surface area contributed by atoms with Crippen LogP contribution in [0.15, 0.2) is 42.5 Å². The normalized spacial score (nSPS) is 17.5. The highest BCUT2D eigenvalue weighted by Crippen LogP contribution is 2.43. The fourth-order valence-corrected chi connectivity index (χ4v) is 4.28. The number of halogens is 1. The Morgan fingerprint density at radius 2 is 1.96 bits per heavy atom. The summed E-state index contributed by atoms with van der Waals surface area (Å²) in [5, 5.41) is -0.214. The van der Waals surface area contributed by atoms with E-state index in [0.29, 0.717) is 18.0 Å². The number of methoxy groups -OCH3 is 2. The van der Waals surface area contributed by atoms with E-state index in [1.54, 1.807) is 49.9 Å². The van der Waals surface area contributed by atoms with E-state index in [-0.39, 0.29) is 17.0 Å². The van der Waals surface area contributed by atoms with Gasteiger partial charge in [0.05, 0.1) is 14.2 Å². The van der Waals surface area contributed by atoms with Crippen molar-refractivity contribution in [2.24, 2.45) is 0 Å². The Labute approximate surface area is 162 Å². The SMILES string of the molecule is COc1ccc(OC)c(C2SCCN2C(=O)C(C)Oc2ccccc2F)c1. The second-order valence-corrected chi connectivity index (χ2v) is 7.24. The number of ether oxygens (including phenoxy) is 3. The van der Waals surface area contributed by atoms with Gasteiger partial charge in [-0.1, -0.05) is 12.1 Å². The van der Waals surface area contributed by atoms with Crippen LogP contribution in [0.4, 0.5) is 4.39 Å². The number of para-hydroxylation sites is 1. The molecule has 0 aromatic heterocycles. The van der Waals surface area contributed by atoms with E-state index in [1.807, 2.05) is 18.2 Å². The third kappa shape index (κ3) is 4.13. The fourth-order valence-electron chi connectivity index (χ4n) is 3.00. The number of thioether (sulfide) groups is 1. The third-order valence-corrected chi connectivity index (χ3v) is 5.61. The molecule has 0 N–H and O–H groups in total. The topological polar surface area (TPSA) is 48.0 Å². The van der Waals surface area contributed by atoms with Crippen LogP contribution in [-0.4, -0.2) is 43.4 Å². The average molecular weight is 391 g/mol. The van der Waals surface area contributed by atoms with Crippen molar-refractivity contribution in [3.63, 3.8) is 0 Å². The molecule has 2 unspecified atom stereocenters. The van der Waals surface area contributed by atoms with E-state index in [9.17, 15) is 9.18 Å². The quantitative estimate of drug-likeness (QED) is 0.748. The van der Waals surface area contributed by atoms with Crippen LogP contribution >= 0.6 is 11.8 Å². The van der Waals surface area contributed by atoms with E-state index in [4.69, 9.17) is 14.2 Å². The van der Waals surface area contributed by atoms with Crippen LogP contribution in [0, 0.1) is 5.82 Å². The Bertz CT molecular complexity index is 816. The molecule has 1 saturated heterocycles. The molecule has 3 rings (SSSR count). The van der Waals surface area contributed by atoms with Crippen molar-refractivity contribution < 1.29 is 23.4 Å². The Kier molecular flexibility index (Phi) is 6.11. The molecule has 2 atom stereocenters. The molecule has 1 aliphatic rings. The minimum atomic E-state index is -0.806. The molecule has 2 aromatic rings. The van der Waals surface area contributed by atoms with Gasteiger partial charge in [0.2, 0.25) is 0 Å². The maximum atomic E-state index is 13.8. The molecule has 0 spiro atoms. The highest BCUT2D eigenvalue weighted by Gasteiger charge is 2.35. The molecule has 1 heterocycles. The van der Waals surface area contributed by atoms with E-state index < -0.39 is 11.9 Å². The Balaban J connectivity index is 1.81. The van der Waals surface area contributed by atoms with Crippen LogP contribution in [0.1, 0.15) is 17.9 Å². The number of hydrogen-bond donors (Lipinski definition) is 0. The maximum Gasteiger partial charge on any atom is 0.264 e. The Morgan fingerprint density at radius 3 is 2.67 bits per heavy atom. The van der Waals surface area contributed by atoms with Gasteiger partial charge in [-0.25, -0.2) is 4.39 Å². The van der Waals surface area contributed by atoms with E-state index >= 15 is 0 Å². The van der Waals surface area contributed by atoms with Crippen molar-refractivity contribution in [2.75, 3.05) is 26.5 Å². The second kappa shape index (κ2) is 8.52. The molecule has 2 aromatic carbocycles. The maximum absolute atomic E-state index is 13.8. The molecule has 1 fully saturated rings. The standard InChI is InChI=1S/C20H22FNO4S/c1-13(26-18-7-5-4-6-16(18)21)19(23)22-10-11-27-20(22)15-12-14(24-2)8-9-17(15)25-3/h4-9,12-13,20H,10-11H2,1-3H3. The van der Waals surface area contributed by atoms with Gasteiger partial charge in [-0.2, -0.15) is 0 Å². The summed E-state index contributed by atoms with van der Waals surface area (Å²) in [5.41, 5.74) is 0.866. The monoisotopic (exact) mass is 391 g/mol. The number of amides is 1. The van der Waals surface area contributed by atoms with E-state index in [2.05, 4.69) is 0 Å². The van der Waals surface area contributed by atoms with Crippen molar-refractivity contribution in [2.45, 2.75) is 18.4 Å².